The van der Waals surface area contributed by atoms with E-state index < -0.39 is 29.6 Å². The number of benzene rings is 2. The zero-order valence-electron chi connectivity index (χ0n) is 22.3. The van der Waals surface area contributed by atoms with E-state index in [1.807, 2.05) is 42.5 Å². The first-order valence-corrected chi connectivity index (χ1v) is 13.9. The minimum absolute atomic E-state index is 0.0603. The van der Waals surface area contributed by atoms with Crippen molar-refractivity contribution in [2.24, 2.45) is 17.8 Å². The highest BCUT2D eigenvalue weighted by Crippen LogP contribution is 2.55. The number of carbonyl (C=O) groups is 3. The highest BCUT2D eigenvalue weighted by molar-refractivity contribution is 6.02. The van der Waals surface area contributed by atoms with Gasteiger partial charge in [-0.2, -0.15) is 0 Å². The molecule has 2 N–H and O–H groups in total. The number of anilines is 1. The van der Waals surface area contributed by atoms with Crippen LogP contribution in [0.15, 0.2) is 66.7 Å². The number of amides is 3. The average Bonchev–Trinajstić information content (AvgIpc) is 3.58. The lowest BCUT2D eigenvalue weighted by Gasteiger charge is -2.36. The van der Waals surface area contributed by atoms with Crippen molar-refractivity contribution in [2.75, 3.05) is 12.4 Å². The fraction of sp³-hybridized carbons (Fsp3) is 0.452. The van der Waals surface area contributed by atoms with Gasteiger partial charge in [-0.15, -0.1) is 0 Å². The molecule has 7 atom stereocenters. The van der Waals surface area contributed by atoms with Gasteiger partial charge < -0.3 is 25.0 Å². The molecule has 2 saturated heterocycles. The van der Waals surface area contributed by atoms with Crippen LogP contribution in [0.2, 0.25) is 0 Å². The Hall–Kier alpha value is -3.65. The zero-order chi connectivity index (χ0) is 27.1. The third-order valence-electron chi connectivity index (χ3n) is 8.90. The van der Waals surface area contributed by atoms with Crippen LogP contribution >= 0.6 is 0 Å². The maximum atomic E-state index is 14.1. The monoisotopic (exact) mass is 529 g/mol. The molecule has 4 aliphatic rings. The molecule has 3 heterocycles. The van der Waals surface area contributed by atoms with Crippen LogP contribution in [-0.2, 0) is 25.7 Å². The first-order chi connectivity index (χ1) is 18.9. The highest BCUT2D eigenvalue weighted by atomic mass is 16.5. The third-order valence-corrected chi connectivity index (χ3v) is 8.90. The van der Waals surface area contributed by atoms with Gasteiger partial charge in [0.1, 0.15) is 17.4 Å². The molecule has 6 rings (SSSR count). The fourth-order valence-corrected chi connectivity index (χ4v) is 6.94. The second-order valence-electron chi connectivity index (χ2n) is 11.3. The van der Waals surface area contributed by atoms with Gasteiger partial charge in [-0.3, -0.25) is 14.4 Å². The van der Waals surface area contributed by atoms with Crippen molar-refractivity contribution < 1.29 is 23.9 Å². The quantitative estimate of drug-likeness (QED) is 0.534. The molecule has 204 valence electrons. The van der Waals surface area contributed by atoms with E-state index in [9.17, 15) is 14.4 Å². The van der Waals surface area contributed by atoms with Crippen LogP contribution in [0.25, 0.3) is 0 Å². The molecule has 3 fully saturated rings. The maximum absolute atomic E-state index is 14.1. The number of ether oxygens (including phenoxy) is 2. The summed E-state index contributed by atoms with van der Waals surface area (Å²) in [5, 5.41) is 6.22. The van der Waals surface area contributed by atoms with Gasteiger partial charge in [0.05, 0.1) is 25.0 Å². The molecule has 1 aliphatic carbocycles. The van der Waals surface area contributed by atoms with Crippen molar-refractivity contribution in [3.05, 3.63) is 72.3 Å². The molecule has 8 heteroatoms. The van der Waals surface area contributed by atoms with E-state index in [0.29, 0.717) is 17.4 Å². The number of likely N-dealkylation sites (tertiary alicyclic amines) is 1. The van der Waals surface area contributed by atoms with E-state index in [-0.39, 0.29) is 30.3 Å². The van der Waals surface area contributed by atoms with Gasteiger partial charge in [-0.1, -0.05) is 68.3 Å². The van der Waals surface area contributed by atoms with E-state index in [2.05, 4.69) is 17.6 Å². The van der Waals surface area contributed by atoms with Crippen molar-refractivity contribution in [1.82, 2.24) is 10.2 Å². The molecule has 2 bridgehead atoms. The largest absolute Gasteiger partial charge is 0.497 e. The number of nitrogens with zero attached hydrogens (tertiary/aromatic N) is 1. The number of hydrogen-bond acceptors (Lipinski definition) is 5. The summed E-state index contributed by atoms with van der Waals surface area (Å²) in [5.41, 5.74) is 0.309. The molecule has 1 saturated carbocycles. The maximum Gasteiger partial charge on any atom is 0.246 e. The molecule has 1 spiro atoms. The molecule has 2 aromatic carbocycles. The van der Waals surface area contributed by atoms with Crippen molar-refractivity contribution in [3.8, 4) is 5.75 Å². The normalized spacial score (nSPS) is 32.7. The minimum atomic E-state index is -1.19. The van der Waals surface area contributed by atoms with Gasteiger partial charge in [0.2, 0.25) is 17.7 Å². The Balaban J connectivity index is 1.32. The summed E-state index contributed by atoms with van der Waals surface area (Å²) in [6.45, 7) is 2.44. The molecule has 3 amide bonds. The van der Waals surface area contributed by atoms with Gasteiger partial charge in [-0.05, 0) is 36.5 Å². The zero-order valence-corrected chi connectivity index (χ0v) is 22.3. The second kappa shape index (κ2) is 10.2. The molecular weight excluding hydrogens is 494 g/mol. The highest BCUT2D eigenvalue weighted by Gasteiger charge is 2.72. The summed E-state index contributed by atoms with van der Waals surface area (Å²) < 4.78 is 11.8. The van der Waals surface area contributed by atoms with E-state index in [1.54, 1.807) is 36.3 Å². The molecule has 0 radical (unpaired) electrons. The summed E-state index contributed by atoms with van der Waals surface area (Å²) in [6.07, 6.45) is 7.36. The molecule has 39 heavy (non-hydrogen) atoms. The van der Waals surface area contributed by atoms with Gasteiger partial charge in [-0.25, -0.2) is 0 Å². The second-order valence-corrected chi connectivity index (χ2v) is 11.3. The molecule has 2 aromatic rings. The topological polar surface area (TPSA) is 97.0 Å². The summed E-state index contributed by atoms with van der Waals surface area (Å²) in [6, 6.07) is 15.9. The summed E-state index contributed by atoms with van der Waals surface area (Å²) in [4.78, 5) is 43.5. The minimum Gasteiger partial charge on any atom is -0.497 e. The predicted octanol–water partition coefficient (Wildman–Crippen LogP) is 3.68. The summed E-state index contributed by atoms with van der Waals surface area (Å²) >= 11 is 0. The van der Waals surface area contributed by atoms with Crippen LogP contribution in [0, 0.1) is 17.8 Å². The molecule has 0 aromatic heterocycles. The fourth-order valence-electron chi connectivity index (χ4n) is 6.94. The Bertz CT molecular complexity index is 1300. The van der Waals surface area contributed by atoms with Gasteiger partial charge in [0, 0.05) is 24.3 Å². The van der Waals surface area contributed by atoms with Crippen molar-refractivity contribution >= 4 is 23.4 Å². The lowest BCUT2D eigenvalue weighted by molar-refractivity contribution is -0.142. The number of fused-ring (bicyclic) bond motifs is 1. The van der Waals surface area contributed by atoms with Crippen LogP contribution in [-0.4, -0.2) is 53.5 Å². The summed E-state index contributed by atoms with van der Waals surface area (Å²) in [5.74, 6) is -1.30. The Morgan fingerprint density at radius 3 is 2.64 bits per heavy atom. The average molecular weight is 530 g/mol. The van der Waals surface area contributed by atoms with Crippen LogP contribution in [0.1, 0.15) is 38.2 Å². The van der Waals surface area contributed by atoms with Gasteiger partial charge in [0.15, 0.2) is 0 Å². The van der Waals surface area contributed by atoms with Crippen molar-refractivity contribution in [1.29, 1.82) is 0 Å². The first kappa shape index (κ1) is 25.6. The van der Waals surface area contributed by atoms with E-state index in [4.69, 9.17) is 9.47 Å². The van der Waals surface area contributed by atoms with E-state index in [1.165, 1.54) is 6.42 Å². The Labute approximate surface area is 228 Å². The van der Waals surface area contributed by atoms with Crippen LogP contribution in [0.4, 0.5) is 5.69 Å². The smallest absolute Gasteiger partial charge is 0.246 e. The molecule has 0 unspecified atom stereocenters. The first-order valence-electron chi connectivity index (χ1n) is 13.9. The Morgan fingerprint density at radius 1 is 1.08 bits per heavy atom. The third kappa shape index (κ3) is 4.40. The van der Waals surface area contributed by atoms with Crippen LogP contribution in [0.3, 0.4) is 0 Å². The van der Waals surface area contributed by atoms with Gasteiger partial charge >= 0.3 is 0 Å². The molecule has 3 aliphatic heterocycles. The Kier molecular flexibility index (Phi) is 6.67. The van der Waals surface area contributed by atoms with Crippen LogP contribution in [0.5, 0.6) is 5.75 Å². The van der Waals surface area contributed by atoms with Crippen LogP contribution < -0.4 is 15.4 Å². The predicted molar refractivity (Wildman–Crippen MR) is 146 cm³/mol. The lowest BCUT2D eigenvalue weighted by atomic mass is 9.74. The van der Waals surface area contributed by atoms with E-state index >= 15 is 0 Å². The van der Waals surface area contributed by atoms with Crippen molar-refractivity contribution in [2.45, 2.75) is 62.9 Å². The number of rotatable bonds is 7. The Morgan fingerprint density at radius 2 is 1.87 bits per heavy atom. The van der Waals surface area contributed by atoms with Crippen molar-refractivity contribution in [3.63, 3.8) is 0 Å². The SMILES string of the molecule is COc1cccc(NC(=O)[C@@H]2[C@@H]3C=C[C@]4(O3)[C@@H]2C(=O)N(Cc2ccccc2)[C@H]4C(=O)N[C@@H]2CCCC[C@@H]2C)c1. The molecular formula is C31H35N3O5. The number of methoxy groups -OCH3 is 1. The van der Waals surface area contributed by atoms with Gasteiger partial charge in [0.25, 0.3) is 0 Å². The number of nitrogens with one attached hydrogen (secondary N) is 2. The number of carbonyl (C=O) groups excluding carboxylic acids is 3. The molecule has 8 nitrogen and oxygen atoms in total. The number of hydrogen-bond donors (Lipinski definition) is 2. The standard InChI is InChI=1S/C31H35N3O5/c1-19-9-6-7-14-23(19)33-29(36)27-31-16-15-24(39-31)25(28(35)32-21-12-8-13-22(17-21)38-2)26(31)30(37)34(27)18-20-10-4-3-5-11-20/h3-5,8,10-13,15-17,19,23-27H,6-7,9,14,18H2,1-2H3,(H,32,35)(H,33,36)/t19-,23+,24-,25+,26-,27-,31-/m0/s1. The lowest BCUT2D eigenvalue weighted by Crippen LogP contribution is -2.57. The van der Waals surface area contributed by atoms with E-state index in [0.717, 1.165) is 24.8 Å². The summed E-state index contributed by atoms with van der Waals surface area (Å²) in [7, 11) is 1.57.